The van der Waals surface area contributed by atoms with Gasteiger partial charge in [0.2, 0.25) is 0 Å². The first kappa shape index (κ1) is 12.8. The fourth-order valence-corrected chi connectivity index (χ4v) is 1.04. The van der Waals surface area contributed by atoms with Crippen LogP contribution in [0.3, 0.4) is 0 Å². The standard InChI is InChI=1S/C10H12O3.ClH/c1-13-9-5-2-8(3-6-9)4-7-10(11)12;/h2-3,5-6H,4,7H2,1H3,(H,11,12);1H. The number of carboxylic acids is 1. The molecule has 14 heavy (non-hydrogen) atoms. The number of carboxylic acid groups (broad SMARTS) is 1. The Morgan fingerprint density at radius 2 is 1.93 bits per heavy atom. The van der Waals surface area contributed by atoms with Crippen LogP contribution in [0.5, 0.6) is 5.75 Å². The summed E-state index contributed by atoms with van der Waals surface area (Å²) in [6, 6.07) is 7.41. The number of rotatable bonds is 4. The molecule has 0 spiro atoms. The van der Waals surface area contributed by atoms with Gasteiger partial charge in [0.15, 0.2) is 0 Å². The van der Waals surface area contributed by atoms with E-state index in [2.05, 4.69) is 0 Å². The lowest BCUT2D eigenvalue weighted by molar-refractivity contribution is -0.136. The van der Waals surface area contributed by atoms with Gasteiger partial charge < -0.3 is 9.84 Å². The summed E-state index contributed by atoms with van der Waals surface area (Å²) in [6.07, 6.45) is 0.742. The largest absolute Gasteiger partial charge is 0.497 e. The molecule has 0 aromatic heterocycles. The summed E-state index contributed by atoms with van der Waals surface area (Å²) in [4.78, 5) is 10.3. The highest BCUT2D eigenvalue weighted by Gasteiger charge is 1.98. The van der Waals surface area contributed by atoms with Gasteiger partial charge in [-0.3, -0.25) is 4.79 Å². The molecule has 1 aromatic carbocycles. The van der Waals surface area contributed by atoms with Crippen LogP contribution in [0.4, 0.5) is 0 Å². The molecule has 0 radical (unpaired) electrons. The highest BCUT2D eigenvalue weighted by Crippen LogP contribution is 2.12. The average molecular weight is 217 g/mol. The van der Waals surface area contributed by atoms with Crippen molar-refractivity contribution < 1.29 is 14.6 Å². The zero-order valence-electron chi connectivity index (χ0n) is 7.90. The second-order valence-corrected chi connectivity index (χ2v) is 2.74. The van der Waals surface area contributed by atoms with Gasteiger partial charge >= 0.3 is 5.97 Å². The third kappa shape index (κ3) is 4.14. The lowest BCUT2D eigenvalue weighted by Gasteiger charge is -2.01. The topological polar surface area (TPSA) is 46.5 Å². The maximum Gasteiger partial charge on any atom is 0.303 e. The molecular weight excluding hydrogens is 204 g/mol. The van der Waals surface area contributed by atoms with Gasteiger partial charge in [0, 0.05) is 6.42 Å². The number of aryl methyl sites for hydroxylation is 1. The highest BCUT2D eigenvalue weighted by atomic mass is 35.5. The van der Waals surface area contributed by atoms with Gasteiger partial charge in [-0.1, -0.05) is 12.1 Å². The summed E-state index contributed by atoms with van der Waals surface area (Å²) in [5.74, 6) is 0.0230. The second kappa shape index (κ2) is 6.27. The third-order valence-electron chi connectivity index (χ3n) is 1.79. The molecule has 4 heteroatoms. The minimum atomic E-state index is -0.768. The first-order valence-electron chi connectivity index (χ1n) is 4.07. The minimum Gasteiger partial charge on any atom is -0.497 e. The van der Waals surface area contributed by atoms with Crippen LogP contribution in [0.25, 0.3) is 0 Å². The number of aliphatic carboxylic acids is 1. The van der Waals surface area contributed by atoms with E-state index in [0.29, 0.717) is 6.42 Å². The van der Waals surface area contributed by atoms with E-state index in [0.717, 1.165) is 11.3 Å². The van der Waals surface area contributed by atoms with Crippen molar-refractivity contribution in [2.45, 2.75) is 12.8 Å². The van der Waals surface area contributed by atoms with Crippen molar-refractivity contribution in [2.24, 2.45) is 0 Å². The van der Waals surface area contributed by atoms with Gasteiger partial charge in [0.05, 0.1) is 7.11 Å². The van der Waals surface area contributed by atoms with E-state index < -0.39 is 5.97 Å². The molecule has 0 saturated heterocycles. The molecule has 0 saturated carbocycles. The normalized spacial score (nSPS) is 8.93. The second-order valence-electron chi connectivity index (χ2n) is 2.74. The number of hydrogen-bond donors (Lipinski definition) is 1. The summed E-state index contributed by atoms with van der Waals surface area (Å²) < 4.78 is 4.98. The molecule has 0 aliphatic carbocycles. The van der Waals surface area contributed by atoms with Crippen molar-refractivity contribution in [1.82, 2.24) is 0 Å². The quantitative estimate of drug-likeness (QED) is 0.839. The first-order valence-corrected chi connectivity index (χ1v) is 4.07. The number of methoxy groups -OCH3 is 1. The van der Waals surface area contributed by atoms with E-state index >= 15 is 0 Å². The highest BCUT2D eigenvalue weighted by molar-refractivity contribution is 5.85. The lowest BCUT2D eigenvalue weighted by Crippen LogP contribution is -1.97. The molecule has 3 nitrogen and oxygen atoms in total. The molecule has 0 fully saturated rings. The molecule has 0 atom stereocenters. The van der Waals surface area contributed by atoms with Gasteiger partial charge in [0.1, 0.15) is 5.75 Å². The molecule has 78 valence electrons. The number of carbonyl (C=O) groups is 1. The van der Waals surface area contributed by atoms with E-state index in [9.17, 15) is 4.79 Å². The van der Waals surface area contributed by atoms with Gasteiger partial charge in [-0.25, -0.2) is 0 Å². The van der Waals surface area contributed by atoms with Crippen LogP contribution >= 0.6 is 12.4 Å². The Morgan fingerprint density at radius 3 is 2.36 bits per heavy atom. The van der Waals surface area contributed by atoms with Gasteiger partial charge in [-0.15, -0.1) is 12.4 Å². The number of ether oxygens (including phenoxy) is 1. The molecular formula is C10H13ClO3. The Kier molecular flexibility index (Phi) is 5.72. The Bertz CT molecular complexity index is 282. The molecule has 1 rings (SSSR count). The average Bonchev–Trinajstić information content (AvgIpc) is 2.15. The van der Waals surface area contributed by atoms with Crippen LogP contribution in [0, 0.1) is 0 Å². The first-order chi connectivity index (χ1) is 6.22. The maximum absolute atomic E-state index is 10.3. The van der Waals surface area contributed by atoms with Crippen LogP contribution in [0.1, 0.15) is 12.0 Å². The van der Waals surface area contributed by atoms with E-state index in [1.165, 1.54) is 0 Å². The van der Waals surface area contributed by atoms with Crippen molar-refractivity contribution in [3.05, 3.63) is 29.8 Å². The van der Waals surface area contributed by atoms with Crippen LogP contribution in [0.15, 0.2) is 24.3 Å². The van der Waals surface area contributed by atoms with Crippen LogP contribution in [0.2, 0.25) is 0 Å². The molecule has 0 aliphatic rings. The molecule has 0 unspecified atom stereocenters. The predicted octanol–water partition coefficient (Wildman–Crippen LogP) is 2.13. The minimum absolute atomic E-state index is 0. The summed E-state index contributed by atoms with van der Waals surface area (Å²) in [6.45, 7) is 0. The molecule has 0 aliphatic heterocycles. The van der Waals surface area contributed by atoms with Crippen molar-refractivity contribution >= 4 is 18.4 Å². The van der Waals surface area contributed by atoms with Crippen LogP contribution in [-0.2, 0) is 11.2 Å². The molecule has 0 bridgehead atoms. The van der Waals surface area contributed by atoms with Crippen LogP contribution in [-0.4, -0.2) is 18.2 Å². The predicted molar refractivity (Wildman–Crippen MR) is 56.2 cm³/mol. The van der Waals surface area contributed by atoms with Gasteiger partial charge in [0.25, 0.3) is 0 Å². The SMILES string of the molecule is COc1ccc(CCC(=O)O)cc1.Cl. The van der Waals surface area contributed by atoms with Gasteiger partial charge in [-0.2, -0.15) is 0 Å². The molecule has 0 amide bonds. The molecule has 1 N–H and O–H groups in total. The Hall–Kier alpha value is -1.22. The fourth-order valence-electron chi connectivity index (χ4n) is 1.04. The monoisotopic (exact) mass is 216 g/mol. The summed E-state index contributed by atoms with van der Waals surface area (Å²) in [5.41, 5.74) is 1.02. The van der Waals surface area contributed by atoms with Gasteiger partial charge in [-0.05, 0) is 24.1 Å². The summed E-state index contributed by atoms with van der Waals surface area (Å²) in [5, 5.41) is 8.45. The van der Waals surface area contributed by atoms with Crippen molar-refractivity contribution in [2.75, 3.05) is 7.11 Å². The Labute approximate surface area is 89.1 Å². The zero-order valence-corrected chi connectivity index (χ0v) is 8.71. The fraction of sp³-hybridized carbons (Fsp3) is 0.300. The lowest BCUT2D eigenvalue weighted by atomic mass is 10.1. The smallest absolute Gasteiger partial charge is 0.303 e. The van der Waals surface area contributed by atoms with E-state index in [1.807, 2.05) is 24.3 Å². The molecule has 1 aromatic rings. The van der Waals surface area contributed by atoms with Crippen molar-refractivity contribution in [3.63, 3.8) is 0 Å². The van der Waals surface area contributed by atoms with Crippen molar-refractivity contribution in [1.29, 1.82) is 0 Å². The third-order valence-corrected chi connectivity index (χ3v) is 1.79. The van der Waals surface area contributed by atoms with Crippen LogP contribution < -0.4 is 4.74 Å². The zero-order chi connectivity index (χ0) is 9.68. The molecule has 0 heterocycles. The van der Waals surface area contributed by atoms with E-state index in [4.69, 9.17) is 9.84 Å². The number of hydrogen-bond acceptors (Lipinski definition) is 2. The summed E-state index contributed by atoms with van der Waals surface area (Å²) in [7, 11) is 1.60. The van der Waals surface area contributed by atoms with Crippen molar-refractivity contribution in [3.8, 4) is 5.75 Å². The number of halogens is 1. The Morgan fingerprint density at radius 1 is 1.36 bits per heavy atom. The Balaban J connectivity index is 0.00000169. The van der Waals surface area contributed by atoms with E-state index in [1.54, 1.807) is 7.11 Å². The maximum atomic E-state index is 10.3. The van der Waals surface area contributed by atoms with E-state index in [-0.39, 0.29) is 18.8 Å². The number of benzene rings is 1. The summed E-state index contributed by atoms with van der Waals surface area (Å²) >= 11 is 0.